The minimum atomic E-state index is -3.44. The van der Waals surface area contributed by atoms with Gasteiger partial charge in [0.2, 0.25) is 11.9 Å². The number of piperidine rings is 2. The summed E-state index contributed by atoms with van der Waals surface area (Å²) in [4.78, 5) is 43.7. The third-order valence-corrected chi connectivity index (χ3v) is 15.5. The van der Waals surface area contributed by atoms with Crippen molar-refractivity contribution in [3.05, 3.63) is 56.4 Å². The summed E-state index contributed by atoms with van der Waals surface area (Å²) in [5.74, 6) is 0.979. The molecule has 0 unspecified atom stereocenters. The quantitative estimate of drug-likeness (QED) is 0.203. The fraction of sp³-hybridized carbons (Fsp3) is 0.600. The first-order chi connectivity index (χ1) is 30.0. The zero-order valence-electron chi connectivity index (χ0n) is 36.0. The Labute approximate surface area is 372 Å². The predicted octanol–water partition coefficient (Wildman–Crippen LogP) is 3.43. The van der Waals surface area contributed by atoms with Gasteiger partial charge in [0.25, 0.3) is 30.6 Å². The molecule has 6 heterocycles. The largest absolute Gasteiger partial charge is 0.351 e. The molecule has 63 heavy (non-hydrogen) atoms. The maximum absolute atomic E-state index is 12.9. The van der Waals surface area contributed by atoms with Crippen molar-refractivity contribution in [3.63, 3.8) is 0 Å². The summed E-state index contributed by atoms with van der Waals surface area (Å²) >= 11 is 0. The van der Waals surface area contributed by atoms with E-state index in [0.717, 1.165) is 87.0 Å². The highest BCUT2D eigenvalue weighted by Gasteiger charge is 2.30. The van der Waals surface area contributed by atoms with Crippen LogP contribution in [-0.2, 0) is 19.4 Å². The minimum absolute atomic E-state index is 0.0381. The van der Waals surface area contributed by atoms with Crippen LogP contribution in [0.5, 0.6) is 0 Å². The average molecular weight is 928 g/mol. The zero-order valence-corrected chi connectivity index (χ0v) is 38.4. The van der Waals surface area contributed by atoms with Crippen LogP contribution in [0.1, 0.15) is 100 Å². The van der Waals surface area contributed by atoms with E-state index in [1.165, 1.54) is 36.8 Å². The van der Waals surface area contributed by atoms with E-state index in [4.69, 9.17) is 10.7 Å². The van der Waals surface area contributed by atoms with Gasteiger partial charge in [-0.15, -0.1) is 0 Å². The van der Waals surface area contributed by atoms with Crippen molar-refractivity contribution in [1.29, 1.82) is 10.5 Å². The lowest BCUT2D eigenvalue weighted by atomic mass is 10.1. The summed E-state index contributed by atoms with van der Waals surface area (Å²) < 4.78 is 51.7. The number of nitrogens with zero attached hydrogens (tertiary/aromatic N) is 11. The van der Waals surface area contributed by atoms with Crippen LogP contribution in [0.2, 0.25) is 0 Å². The molecule has 0 atom stereocenters. The van der Waals surface area contributed by atoms with Gasteiger partial charge in [-0.05, 0) is 76.6 Å². The Kier molecular flexibility index (Phi) is 15.7. The van der Waals surface area contributed by atoms with Crippen LogP contribution >= 0.6 is 10.7 Å². The number of nitriles is 2. The Morgan fingerprint density at radius 2 is 1.08 bits per heavy atom. The molecule has 4 aromatic rings. The van der Waals surface area contributed by atoms with Gasteiger partial charge in [0.15, 0.2) is 0 Å². The Morgan fingerprint density at radius 3 is 1.44 bits per heavy atom. The standard InChI is InChI=1S/C20H27N7O3S.C18H22N6O.C2H6ClNO2S/c1-25(2)31(29,30)26-9-7-16(8-10-26)23-20-22-13-15-11-14(12-21)19(28)27(18(15)24-20)17-5-3-4-6-17;19-10-12-9-13-11-21-18(22-14-5-7-20-8-6-14)23-16(13)24(17(12)25)15-3-1-2-4-15;1-4(2)7(3,5)6/h11,13,16-17H,3-10H2,1-2H3,(H,22,23,24);9,11,14-15,20H,1-8H2,(H,21,22,23);1-2H3. The van der Waals surface area contributed by atoms with E-state index in [0.29, 0.717) is 60.6 Å². The molecule has 0 amide bonds. The first-order valence-corrected chi connectivity index (χ1v) is 24.9. The lowest BCUT2D eigenvalue weighted by Crippen LogP contribution is -2.46. The molecule has 2 saturated carbocycles. The van der Waals surface area contributed by atoms with Crippen LogP contribution in [0.25, 0.3) is 22.1 Å². The van der Waals surface area contributed by atoms with Gasteiger partial charge in [0.1, 0.15) is 34.6 Å². The number of halogens is 1. The number of fused-ring (bicyclic) bond motifs is 2. The molecular weight excluding hydrogens is 872 g/mol. The number of aromatic nitrogens is 6. The molecule has 0 bridgehead atoms. The summed E-state index contributed by atoms with van der Waals surface area (Å²) in [6.07, 6.45) is 14.8. The van der Waals surface area contributed by atoms with Crippen LogP contribution < -0.4 is 27.1 Å². The average Bonchev–Trinajstić information content (AvgIpc) is 4.00. The number of rotatable bonds is 9. The fourth-order valence-corrected chi connectivity index (χ4v) is 9.47. The van der Waals surface area contributed by atoms with E-state index in [-0.39, 0.29) is 40.4 Å². The summed E-state index contributed by atoms with van der Waals surface area (Å²) in [6.45, 7) is 2.82. The summed E-state index contributed by atoms with van der Waals surface area (Å²) in [6, 6.07) is 7.74. The van der Waals surface area contributed by atoms with Crippen molar-refractivity contribution >= 4 is 64.1 Å². The highest BCUT2D eigenvalue weighted by Crippen LogP contribution is 2.32. The highest BCUT2D eigenvalue weighted by molar-refractivity contribution is 8.11. The molecule has 4 fully saturated rings. The van der Waals surface area contributed by atoms with Gasteiger partial charge in [-0.2, -0.15) is 50.2 Å². The molecule has 23 heteroatoms. The molecule has 8 rings (SSSR count). The van der Waals surface area contributed by atoms with Crippen molar-refractivity contribution < 1.29 is 16.8 Å². The molecular formula is C40H55ClN14O6S2. The molecule has 0 aromatic carbocycles. The maximum Gasteiger partial charge on any atom is 0.299 e. The minimum Gasteiger partial charge on any atom is -0.351 e. The van der Waals surface area contributed by atoms with E-state index in [2.05, 4.69) is 35.9 Å². The number of hydrogen-bond donors (Lipinski definition) is 3. The molecule has 2 aliphatic carbocycles. The topological polar surface area (TPSA) is 257 Å². The normalized spacial score (nSPS) is 18.4. The maximum atomic E-state index is 12.9. The van der Waals surface area contributed by atoms with Gasteiger partial charge in [-0.1, -0.05) is 25.7 Å². The van der Waals surface area contributed by atoms with Gasteiger partial charge in [-0.25, -0.2) is 9.97 Å². The third kappa shape index (κ3) is 11.5. The van der Waals surface area contributed by atoms with Crippen molar-refractivity contribution in [2.24, 2.45) is 0 Å². The monoisotopic (exact) mass is 926 g/mol. The second-order valence-corrected chi connectivity index (χ2v) is 21.4. The smallest absolute Gasteiger partial charge is 0.299 e. The highest BCUT2D eigenvalue weighted by atomic mass is 35.7. The lowest BCUT2D eigenvalue weighted by molar-refractivity contribution is 0.310. The SMILES string of the molecule is CN(C)S(=O)(=O)Cl.CN(C)S(=O)(=O)N1CCC(Nc2ncc3cc(C#N)c(=O)n(C4CCCC4)c3n2)CC1.N#Cc1cc2cnc(NC3CCNCC3)nc2n(C2CCCC2)c1=O. The Hall–Kier alpha value is -4.81. The second kappa shape index (κ2) is 20.8. The zero-order chi connectivity index (χ0) is 45.5. The van der Waals surface area contributed by atoms with Crippen LogP contribution in [0.3, 0.4) is 0 Å². The Bertz CT molecular complexity index is 2690. The molecule has 20 nitrogen and oxygen atoms in total. The van der Waals surface area contributed by atoms with Crippen molar-refractivity contribution in [1.82, 2.24) is 47.3 Å². The van der Waals surface area contributed by atoms with E-state index < -0.39 is 19.4 Å². The number of nitrogens with one attached hydrogen (secondary N) is 3. The molecule has 0 radical (unpaired) electrons. The molecule has 2 aliphatic heterocycles. The summed E-state index contributed by atoms with van der Waals surface area (Å²) in [5.41, 5.74) is 0.936. The van der Waals surface area contributed by atoms with Crippen molar-refractivity contribution in [3.8, 4) is 12.1 Å². The van der Waals surface area contributed by atoms with Crippen molar-refractivity contribution in [2.75, 3.05) is 65.0 Å². The van der Waals surface area contributed by atoms with Crippen LogP contribution in [0.4, 0.5) is 11.9 Å². The van der Waals surface area contributed by atoms with Crippen LogP contribution in [0, 0.1) is 22.7 Å². The Morgan fingerprint density at radius 1 is 0.683 bits per heavy atom. The first-order valence-electron chi connectivity index (χ1n) is 21.2. The van der Waals surface area contributed by atoms with Crippen LogP contribution in [0.15, 0.2) is 34.1 Å². The summed E-state index contributed by atoms with van der Waals surface area (Å²) in [7, 11) is 3.71. The lowest BCUT2D eigenvalue weighted by Gasteiger charge is -2.33. The second-order valence-electron chi connectivity index (χ2n) is 16.5. The molecule has 3 N–H and O–H groups in total. The van der Waals surface area contributed by atoms with Gasteiger partial charge in [-0.3, -0.25) is 18.7 Å². The van der Waals surface area contributed by atoms with Gasteiger partial charge in [0, 0.05) is 99.3 Å². The van der Waals surface area contributed by atoms with E-state index in [1.807, 2.05) is 12.1 Å². The first kappa shape index (κ1) is 47.7. The molecule has 2 saturated heterocycles. The number of anilines is 2. The van der Waals surface area contributed by atoms with Gasteiger partial charge in [0.05, 0.1) is 0 Å². The third-order valence-electron chi connectivity index (χ3n) is 11.9. The molecule has 0 spiro atoms. The van der Waals surface area contributed by atoms with Gasteiger partial charge < -0.3 is 16.0 Å². The summed E-state index contributed by atoms with van der Waals surface area (Å²) in [5, 5.41) is 30.1. The van der Waals surface area contributed by atoms with E-state index >= 15 is 0 Å². The number of pyridine rings is 2. The van der Waals surface area contributed by atoms with Crippen LogP contribution in [-0.4, -0.2) is 125 Å². The van der Waals surface area contributed by atoms with E-state index in [1.54, 1.807) is 33.7 Å². The number of hydrogen-bond acceptors (Lipinski definition) is 15. The fourth-order valence-electron chi connectivity index (χ4n) is 8.34. The van der Waals surface area contributed by atoms with Crippen molar-refractivity contribution in [2.45, 2.75) is 101 Å². The van der Waals surface area contributed by atoms with E-state index in [9.17, 15) is 36.9 Å². The molecule has 340 valence electrons. The molecule has 4 aliphatic rings. The Balaban J connectivity index is 0.000000185. The van der Waals surface area contributed by atoms with Gasteiger partial charge >= 0.3 is 0 Å². The molecule has 4 aromatic heterocycles. The predicted molar refractivity (Wildman–Crippen MR) is 241 cm³/mol.